The molecule has 0 saturated heterocycles. The lowest BCUT2D eigenvalue weighted by Gasteiger charge is -1.98. The summed E-state index contributed by atoms with van der Waals surface area (Å²) in [6.45, 7) is 0. The molecule has 1 aromatic carbocycles. The maximum absolute atomic E-state index is 12.3. The van der Waals surface area contributed by atoms with Crippen LogP contribution in [0.4, 0.5) is 17.6 Å². The molecule has 0 fully saturated rings. The van der Waals surface area contributed by atoms with E-state index in [1.54, 1.807) is 0 Å². The summed E-state index contributed by atoms with van der Waals surface area (Å²) in [5.41, 5.74) is 0. The van der Waals surface area contributed by atoms with E-state index < -0.39 is 28.2 Å². The normalized spacial score (nSPS) is 10.3. The van der Waals surface area contributed by atoms with E-state index in [9.17, 15) is 17.6 Å². The van der Waals surface area contributed by atoms with Crippen LogP contribution in [0.25, 0.3) is 0 Å². The third-order valence-corrected chi connectivity index (χ3v) is 1.50. The third-order valence-electron chi connectivity index (χ3n) is 1.09. The lowest BCUT2D eigenvalue weighted by atomic mass is 10.3. The molecule has 0 heterocycles. The van der Waals surface area contributed by atoms with Gasteiger partial charge in [0.2, 0.25) is 0 Å². The van der Waals surface area contributed by atoms with E-state index in [0.29, 0.717) is 0 Å². The molecule has 0 amide bonds. The number of hydrogen-bond donors (Lipinski definition) is 1. The molecule has 0 aromatic heterocycles. The number of thiol groups is 1. The second kappa shape index (κ2) is 2.73. The highest BCUT2D eigenvalue weighted by Gasteiger charge is 2.15. The minimum atomic E-state index is -1.71. The molecule has 0 spiro atoms. The van der Waals surface area contributed by atoms with Crippen molar-refractivity contribution >= 4 is 12.6 Å². The van der Waals surface area contributed by atoms with Crippen LogP contribution in [0, 0.1) is 23.3 Å². The van der Waals surface area contributed by atoms with Crippen LogP contribution in [0.5, 0.6) is 0 Å². The van der Waals surface area contributed by atoms with Gasteiger partial charge < -0.3 is 0 Å². The smallest absolute Gasteiger partial charge is 0.195 e. The maximum atomic E-state index is 12.3. The Labute approximate surface area is 65.2 Å². The Morgan fingerprint density at radius 3 is 2.00 bits per heavy atom. The Hall–Kier alpha value is -0.710. The standard InChI is InChI=1S/C6H2F4S/c7-2-1-3(8)6(11)5(10)4(2)9/h1,11H. The van der Waals surface area contributed by atoms with Crippen molar-refractivity contribution < 1.29 is 17.6 Å². The number of halogens is 4. The van der Waals surface area contributed by atoms with Crippen LogP contribution in [0.3, 0.4) is 0 Å². The van der Waals surface area contributed by atoms with Crippen molar-refractivity contribution in [3.63, 3.8) is 0 Å². The number of hydrogen-bond acceptors (Lipinski definition) is 1. The highest BCUT2D eigenvalue weighted by molar-refractivity contribution is 7.80. The quantitative estimate of drug-likeness (QED) is 0.271. The van der Waals surface area contributed by atoms with Gasteiger partial charge in [0, 0.05) is 6.07 Å². The SMILES string of the molecule is Fc1cc(F)c(S)c(F)c1F. The predicted octanol–water partition coefficient (Wildman–Crippen LogP) is 2.53. The first kappa shape index (κ1) is 8.39. The first-order valence-corrected chi connectivity index (χ1v) is 3.00. The summed E-state index contributed by atoms with van der Waals surface area (Å²) in [6.07, 6.45) is 0. The Bertz CT molecular complexity index is 271. The Morgan fingerprint density at radius 1 is 0.909 bits per heavy atom. The van der Waals surface area contributed by atoms with E-state index in [4.69, 9.17) is 0 Å². The molecule has 0 nitrogen and oxygen atoms in total. The van der Waals surface area contributed by atoms with Crippen LogP contribution in [-0.2, 0) is 0 Å². The second-order valence-electron chi connectivity index (χ2n) is 1.82. The summed E-state index contributed by atoms with van der Waals surface area (Å²) in [4.78, 5) is -0.816. The molecule has 0 aliphatic carbocycles. The van der Waals surface area contributed by atoms with Gasteiger partial charge in [-0.15, -0.1) is 12.6 Å². The number of rotatable bonds is 0. The van der Waals surface area contributed by atoms with Gasteiger partial charge in [-0.3, -0.25) is 0 Å². The van der Waals surface area contributed by atoms with Crippen LogP contribution >= 0.6 is 12.6 Å². The zero-order chi connectivity index (χ0) is 8.59. The molecule has 5 heteroatoms. The van der Waals surface area contributed by atoms with Crippen molar-refractivity contribution in [2.45, 2.75) is 4.90 Å². The molecule has 1 rings (SSSR count). The molecular weight excluding hydrogens is 180 g/mol. The van der Waals surface area contributed by atoms with Gasteiger partial charge in [0.1, 0.15) is 5.82 Å². The van der Waals surface area contributed by atoms with Crippen LogP contribution in [0.1, 0.15) is 0 Å². The van der Waals surface area contributed by atoms with Crippen molar-refractivity contribution in [2.24, 2.45) is 0 Å². The fraction of sp³-hybridized carbons (Fsp3) is 0. The summed E-state index contributed by atoms with van der Waals surface area (Å²) in [6, 6.07) is 0.237. The molecule has 0 saturated carbocycles. The minimum Gasteiger partial charge on any atom is -0.206 e. The van der Waals surface area contributed by atoms with Gasteiger partial charge in [0.25, 0.3) is 0 Å². The van der Waals surface area contributed by atoms with Crippen molar-refractivity contribution in [1.82, 2.24) is 0 Å². The van der Waals surface area contributed by atoms with E-state index in [1.807, 2.05) is 0 Å². The van der Waals surface area contributed by atoms with Crippen LogP contribution in [0.2, 0.25) is 0 Å². The Balaban J connectivity index is 3.46. The molecule has 0 atom stereocenters. The monoisotopic (exact) mass is 182 g/mol. The van der Waals surface area contributed by atoms with E-state index in [1.165, 1.54) is 0 Å². The van der Waals surface area contributed by atoms with E-state index in [-0.39, 0.29) is 6.07 Å². The summed E-state index contributed by atoms with van der Waals surface area (Å²) < 4.78 is 49.0. The molecule has 0 aliphatic rings. The third kappa shape index (κ3) is 1.33. The summed E-state index contributed by atoms with van der Waals surface area (Å²) in [5.74, 6) is -6.09. The molecule has 60 valence electrons. The van der Waals surface area contributed by atoms with Gasteiger partial charge in [0.15, 0.2) is 17.5 Å². The summed E-state index contributed by atoms with van der Waals surface area (Å²) in [5, 5.41) is 0. The molecule has 11 heavy (non-hydrogen) atoms. The van der Waals surface area contributed by atoms with E-state index in [0.717, 1.165) is 0 Å². The predicted molar refractivity (Wildman–Crippen MR) is 33.5 cm³/mol. The lowest BCUT2D eigenvalue weighted by Crippen LogP contribution is -1.94. The van der Waals surface area contributed by atoms with Gasteiger partial charge >= 0.3 is 0 Å². The summed E-state index contributed by atoms with van der Waals surface area (Å²) >= 11 is 3.27. The second-order valence-corrected chi connectivity index (χ2v) is 2.26. The fourth-order valence-corrected chi connectivity index (χ4v) is 0.719. The highest BCUT2D eigenvalue weighted by Crippen LogP contribution is 2.21. The largest absolute Gasteiger partial charge is 0.206 e. The van der Waals surface area contributed by atoms with Gasteiger partial charge in [-0.2, -0.15) is 0 Å². The van der Waals surface area contributed by atoms with Gasteiger partial charge in [-0.25, -0.2) is 17.6 Å². The van der Waals surface area contributed by atoms with Gasteiger partial charge in [-0.1, -0.05) is 0 Å². The zero-order valence-corrected chi connectivity index (χ0v) is 5.93. The van der Waals surface area contributed by atoms with Crippen LogP contribution < -0.4 is 0 Å². The maximum Gasteiger partial charge on any atom is 0.195 e. The van der Waals surface area contributed by atoms with Crippen molar-refractivity contribution in [3.05, 3.63) is 29.3 Å². The Kier molecular flexibility index (Phi) is 2.08. The number of benzene rings is 1. The molecule has 1 aromatic rings. The van der Waals surface area contributed by atoms with Crippen molar-refractivity contribution in [1.29, 1.82) is 0 Å². The Morgan fingerprint density at radius 2 is 1.45 bits per heavy atom. The van der Waals surface area contributed by atoms with Crippen LogP contribution in [-0.4, -0.2) is 0 Å². The molecule has 0 unspecified atom stereocenters. The van der Waals surface area contributed by atoms with Gasteiger partial charge in [-0.05, 0) is 0 Å². The zero-order valence-electron chi connectivity index (χ0n) is 5.04. The first-order chi connectivity index (χ1) is 5.04. The molecule has 0 radical (unpaired) electrons. The topological polar surface area (TPSA) is 0 Å². The van der Waals surface area contributed by atoms with E-state index in [2.05, 4.69) is 12.6 Å². The van der Waals surface area contributed by atoms with Gasteiger partial charge in [0.05, 0.1) is 4.90 Å². The van der Waals surface area contributed by atoms with Crippen LogP contribution in [0.15, 0.2) is 11.0 Å². The first-order valence-electron chi connectivity index (χ1n) is 2.56. The average molecular weight is 182 g/mol. The fourth-order valence-electron chi connectivity index (χ4n) is 0.557. The van der Waals surface area contributed by atoms with Crippen molar-refractivity contribution in [2.75, 3.05) is 0 Å². The molecular formula is C6H2F4S. The minimum absolute atomic E-state index is 0.237. The molecule has 0 N–H and O–H groups in total. The van der Waals surface area contributed by atoms with Crippen molar-refractivity contribution in [3.8, 4) is 0 Å². The van der Waals surface area contributed by atoms with E-state index >= 15 is 0 Å². The average Bonchev–Trinajstić information content (AvgIpc) is 1.97. The molecule has 0 aliphatic heterocycles. The molecule has 0 bridgehead atoms. The summed E-state index contributed by atoms with van der Waals surface area (Å²) in [7, 11) is 0. The lowest BCUT2D eigenvalue weighted by molar-refractivity contribution is 0.416. The highest BCUT2D eigenvalue weighted by atomic mass is 32.1.